The number of hydrogen-bond acceptors (Lipinski definition) is 4. The van der Waals surface area contributed by atoms with E-state index in [2.05, 4.69) is 32.6 Å². The van der Waals surface area contributed by atoms with E-state index in [-0.39, 0.29) is 5.56 Å². The van der Waals surface area contributed by atoms with Gasteiger partial charge in [-0.3, -0.25) is 4.79 Å². The lowest BCUT2D eigenvalue weighted by molar-refractivity contribution is 0.612. The first-order valence-corrected chi connectivity index (χ1v) is 7.68. The van der Waals surface area contributed by atoms with E-state index in [0.717, 1.165) is 12.2 Å². The lowest BCUT2D eigenvalue weighted by atomic mass is 10.3. The molecule has 1 aliphatic carbocycles. The first-order chi connectivity index (χ1) is 8.12. The van der Waals surface area contributed by atoms with Crippen molar-refractivity contribution < 1.29 is 0 Å². The number of nitrogens with one attached hydrogen (secondary N) is 1. The largest absolute Gasteiger partial charge is 0.381 e. The summed E-state index contributed by atoms with van der Waals surface area (Å²) in [5.74, 6) is 0. The molecule has 0 spiro atoms. The van der Waals surface area contributed by atoms with Gasteiger partial charge in [-0.2, -0.15) is 16.9 Å². The normalized spacial score (nSPS) is 16.9. The quantitative estimate of drug-likeness (QED) is 0.905. The number of thioether (sulfide) groups is 1. The summed E-state index contributed by atoms with van der Waals surface area (Å²) in [5, 5.41) is 7.42. The zero-order chi connectivity index (χ0) is 12.5. The minimum absolute atomic E-state index is 0.0773. The van der Waals surface area contributed by atoms with Gasteiger partial charge >= 0.3 is 0 Å². The Morgan fingerprint density at radius 3 is 2.88 bits per heavy atom. The molecule has 1 saturated carbocycles. The van der Waals surface area contributed by atoms with Crippen molar-refractivity contribution >= 4 is 33.4 Å². The lowest BCUT2D eigenvalue weighted by Crippen LogP contribution is -2.25. The van der Waals surface area contributed by atoms with Crippen LogP contribution >= 0.6 is 27.7 Å². The molecule has 0 aliphatic heterocycles. The van der Waals surface area contributed by atoms with Crippen LogP contribution in [0.2, 0.25) is 0 Å². The second-order valence-electron chi connectivity index (χ2n) is 4.23. The molecule has 0 radical (unpaired) electrons. The topological polar surface area (TPSA) is 46.9 Å². The van der Waals surface area contributed by atoms with Crippen LogP contribution in [0, 0.1) is 0 Å². The van der Waals surface area contributed by atoms with Crippen molar-refractivity contribution in [2.24, 2.45) is 0 Å². The third-order valence-electron chi connectivity index (χ3n) is 3.13. The fourth-order valence-corrected chi connectivity index (χ4v) is 2.84. The van der Waals surface area contributed by atoms with Crippen LogP contribution in [0.5, 0.6) is 0 Å². The van der Waals surface area contributed by atoms with Crippen molar-refractivity contribution in [3.63, 3.8) is 0 Å². The Balaban J connectivity index is 2.12. The molecule has 1 fully saturated rings. The van der Waals surface area contributed by atoms with Gasteiger partial charge in [0.15, 0.2) is 0 Å². The number of nitrogens with zero attached hydrogens (tertiary/aromatic N) is 2. The van der Waals surface area contributed by atoms with Gasteiger partial charge in [0.2, 0.25) is 0 Å². The average molecular weight is 318 g/mol. The van der Waals surface area contributed by atoms with Crippen LogP contribution in [-0.4, -0.2) is 27.3 Å². The molecule has 0 saturated heterocycles. The monoisotopic (exact) mass is 317 g/mol. The van der Waals surface area contributed by atoms with E-state index < -0.39 is 0 Å². The first-order valence-electron chi connectivity index (χ1n) is 5.66. The number of hydrogen-bond donors (Lipinski definition) is 1. The molecular weight excluding hydrogens is 302 g/mol. The molecule has 1 heterocycles. The molecule has 1 aromatic rings. The van der Waals surface area contributed by atoms with Crippen LogP contribution < -0.4 is 10.9 Å². The zero-order valence-electron chi connectivity index (χ0n) is 9.99. The van der Waals surface area contributed by atoms with E-state index in [1.54, 1.807) is 6.20 Å². The number of aryl methyl sites for hydroxylation is 1. The summed E-state index contributed by atoms with van der Waals surface area (Å²) >= 11 is 5.23. The maximum atomic E-state index is 11.8. The van der Waals surface area contributed by atoms with E-state index in [9.17, 15) is 4.79 Å². The predicted molar refractivity (Wildman–Crippen MR) is 75.8 cm³/mol. The summed E-state index contributed by atoms with van der Waals surface area (Å²) in [5.41, 5.74) is 0.714. The molecule has 17 heavy (non-hydrogen) atoms. The van der Waals surface area contributed by atoms with E-state index in [1.807, 2.05) is 18.7 Å². The van der Waals surface area contributed by atoms with Gasteiger partial charge in [-0.25, -0.2) is 4.68 Å². The van der Waals surface area contributed by atoms with Crippen LogP contribution in [0.1, 0.15) is 19.8 Å². The first kappa shape index (κ1) is 13.0. The van der Waals surface area contributed by atoms with Gasteiger partial charge in [0, 0.05) is 17.8 Å². The summed E-state index contributed by atoms with van der Waals surface area (Å²) in [6.07, 6.45) is 6.35. The molecule has 1 aromatic heterocycles. The molecule has 0 bridgehead atoms. The smallest absolute Gasteiger partial charge is 0.283 e. The molecule has 0 amide bonds. The Morgan fingerprint density at radius 2 is 2.35 bits per heavy atom. The fourth-order valence-electron chi connectivity index (χ4n) is 1.66. The molecule has 4 nitrogen and oxygen atoms in total. The highest BCUT2D eigenvalue weighted by atomic mass is 79.9. The summed E-state index contributed by atoms with van der Waals surface area (Å²) in [6.45, 7) is 3.39. The van der Waals surface area contributed by atoms with Gasteiger partial charge in [0.1, 0.15) is 4.47 Å². The summed E-state index contributed by atoms with van der Waals surface area (Å²) in [4.78, 5) is 11.8. The molecule has 1 N–H and O–H groups in total. The number of halogens is 1. The second-order valence-corrected chi connectivity index (χ2v) is 6.30. The predicted octanol–water partition coefficient (Wildman–Crippen LogP) is 2.33. The van der Waals surface area contributed by atoms with Crippen molar-refractivity contribution in [2.45, 2.75) is 31.1 Å². The van der Waals surface area contributed by atoms with E-state index in [4.69, 9.17) is 0 Å². The third-order valence-corrected chi connectivity index (χ3v) is 5.31. The van der Waals surface area contributed by atoms with Gasteiger partial charge in [0.25, 0.3) is 5.56 Å². The van der Waals surface area contributed by atoms with Gasteiger partial charge < -0.3 is 5.32 Å². The highest BCUT2D eigenvalue weighted by Gasteiger charge is 2.41. The van der Waals surface area contributed by atoms with Crippen LogP contribution in [0.3, 0.4) is 0 Å². The van der Waals surface area contributed by atoms with Crippen molar-refractivity contribution in [1.82, 2.24) is 9.78 Å². The number of aromatic nitrogens is 2. The van der Waals surface area contributed by atoms with Crippen molar-refractivity contribution in [1.29, 1.82) is 0 Å². The maximum Gasteiger partial charge on any atom is 0.283 e. The van der Waals surface area contributed by atoms with E-state index in [0.29, 0.717) is 15.8 Å². The molecule has 0 atom stereocenters. The van der Waals surface area contributed by atoms with Crippen molar-refractivity contribution in [3.05, 3.63) is 21.0 Å². The average Bonchev–Trinajstić information content (AvgIpc) is 3.12. The Labute approximate surface area is 113 Å². The van der Waals surface area contributed by atoms with Gasteiger partial charge in [-0.05, 0) is 42.0 Å². The van der Waals surface area contributed by atoms with Crippen molar-refractivity contribution in [3.8, 4) is 0 Å². The number of anilines is 1. The SMILES string of the molecule is CCn1ncc(NCC2(SC)CC2)c(Br)c1=O. The molecule has 1 aliphatic rings. The van der Waals surface area contributed by atoms with Gasteiger partial charge in [-0.15, -0.1) is 0 Å². The summed E-state index contributed by atoms with van der Waals surface area (Å²) in [6, 6.07) is 0. The minimum Gasteiger partial charge on any atom is -0.381 e. The minimum atomic E-state index is -0.0773. The molecule has 0 aromatic carbocycles. The molecular formula is C11H16BrN3OS. The second kappa shape index (κ2) is 5.02. The van der Waals surface area contributed by atoms with Gasteiger partial charge in [0.05, 0.1) is 11.9 Å². The molecule has 0 unspecified atom stereocenters. The van der Waals surface area contributed by atoms with Crippen LogP contribution in [-0.2, 0) is 6.54 Å². The Kier molecular flexibility index (Phi) is 3.82. The fraction of sp³-hybridized carbons (Fsp3) is 0.636. The van der Waals surface area contributed by atoms with E-state index >= 15 is 0 Å². The lowest BCUT2D eigenvalue weighted by Gasteiger charge is -2.15. The molecule has 94 valence electrons. The Bertz CT molecular complexity index is 470. The van der Waals surface area contributed by atoms with Crippen LogP contribution in [0.15, 0.2) is 15.5 Å². The summed E-state index contributed by atoms with van der Waals surface area (Å²) < 4.78 is 2.39. The van der Waals surface area contributed by atoms with Crippen molar-refractivity contribution in [2.75, 3.05) is 18.1 Å². The van der Waals surface area contributed by atoms with E-state index in [1.165, 1.54) is 17.5 Å². The standard InChI is InChI=1S/C11H16BrN3OS/c1-3-15-10(16)9(12)8(6-14-15)13-7-11(17-2)4-5-11/h6,13H,3-5,7H2,1-2H3. The third kappa shape index (κ3) is 2.68. The van der Waals surface area contributed by atoms with Crippen LogP contribution in [0.25, 0.3) is 0 Å². The highest BCUT2D eigenvalue weighted by Crippen LogP contribution is 2.47. The molecule has 6 heteroatoms. The van der Waals surface area contributed by atoms with Gasteiger partial charge in [-0.1, -0.05) is 0 Å². The zero-order valence-corrected chi connectivity index (χ0v) is 12.4. The Morgan fingerprint density at radius 1 is 1.65 bits per heavy atom. The maximum absolute atomic E-state index is 11.8. The van der Waals surface area contributed by atoms with Crippen LogP contribution in [0.4, 0.5) is 5.69 Å². The number of rotatable bonds is 5. The summed E-state index contributed by atoms with van der Waals surface area (Å²) in [7, 11) is 0. The highest BCUT2D eigenvalue weighted by molar-refractivity contribution is 9.10. The Hall–Kier alpha value is -0.490. The molecule has 2 rings (SSSR count).